The maximum atomic E-state index is 11.5. The molecule has 0 heterocycles. The van der Waals surface area contributed by atoms with E-state index >= 15 is 0 Å². The molecule has 3 aliphatic rings. The van der Waals surface area contributed by atoms with Gasteiger partial charge in [0.15, 0.2) is 0 Å². The number of hydrogen-bond acceptors (Lipinski definition) is 2. The lowest BCUT2D eigenvalue weighted by molar-refractivity contribution is -0.143. The highest BCUT2D eigenvalue weighted by Crippen LogP contribution is 2.62. The van der Waals surface area contributed by atoms with Gasteiger partial charge in [-0.05, 0) is 74.5 Å². The van der Waals surface area contributed by atoms with Gasteiger partial charge in [0.2, 0.25) is 0 Å². The van der Waals surface area contributed by atoms with E-state index in [1.807, 2.05) is 0 Å². The van der Waals surface area contributed by atoms with E-state index in [1.54, 1.807) is 0 Å². The summed E-state index contributed by atoms with van der Waals surface area (Å²) in [6.07, 6.45) is 9.68. The highest BCUT2D eigenvalue weighted by Gasteiger charge is 2.61. The fourth-order valence-electron chi connectivity index (χ4n) is 5.80. The fourth-order valence-corrected chi connectivity index (χ4v) is 5.80. The zero-order valence-corrected chi connectivity index (χ0v) is 13.6. The Bertz CT molecular complexity index is 364. The minimum absolute atomic E-state index is 0.0224. The van der Waals surface area contributed by atoms with Crippen molar-refractivity contribution in [2.75, 3.05) is 6.54 Å². The standard InChI is InChI=1S/C18H33NO/c1-16(2,3)14-6-8-17(12-19,9-7-14)18(20)11-13-4-5-15(18)10-13/h13-15,20H,4-12,19H2,1-3H3. The molecule has 0 aromatic heterocycles. The third-order valence-electron chi connectivity index (χ3n) is 7.29. The van der Waals surface area contributed by atoms with Crippen molar-refractivity contribution in [2.24, 2.45) is 34.3 Å². The van der Waals surface area contributed by atoms with E-state index in [-0.39, 0.29) is 5.41 Å². The van der Waals surface area contributed by atoms with Crippen molar-refractivity contribution in [3.63, 3.8) is 0 Å². The van der Waals surface area contributed by atoms with Crippen LogP contribution in [0.15, 0.2) is 0 Å². The quantitative estimate of drug-likeness (QED) is 0.809. The van der Waals surface area contributed by atoms with Gasteiger partial charge in [0.25, 0.3) is 0 Å². The Morgan fingerprint density at radius 3 is 2.15 bits per heavy atom. The van der Waals surface area contributed by atoms with Crippen LogP contribution in [-0.4, -0.2) is 17.3 Å². The summed E-state index contributed by atoms with van der Waals surface area (Å²) in [6, 6.07) is 0. The van der Waals surface area contributed by atoms with Crippen LogP contribution in [-0.2, 0) is 0 Å². The summed E-state index contributed by atoms with van der Waals surface area (Å²) in [7, 11) is 0. The third kappa shape index (κ3) is 2.06. The highest BCUT2D eigenvalue weighted by molar-refractivity contribution is 5.12. The second-order valence-electron chi connectivity index (χ2n) is 9.13. The SMILES string of the molecule is CC(C)(C)C1CCC(CN)(C2(O)CC3CCC2C3)CC1. The average molecular weight is 279 g/mol. The second-order valence-corrected chi connectivity index (χ2v) is 9.13. The summed E-state index contributed by atoms with van der Waals surface area (Å²) < 4.78 is 0. The number of fused-ring (bicyclic) bond motifs is 2. The van der Waals surface area contributed by atoms with Crippen LogP contribution < -0.4 is 5.73 Å². The Morgan fingerprint density at radius 2 is 1.75 bits per heavy atom. The van der Waals surface area contributed by atoms with Crippen LogP contribution in [0.4, 0.5) is 0 Å². The smallest absolute Gasteiger partial charge is 0.0746 e. The molecule has 0 aliphatic heterocycles. The molecule has 3 fully saturated rings. The molecule has 0 amide bonds. The molecule has 2 nitrogen and oxygen atoms in total. The minimum atomic E-state index is -0.437. The van der Waals surface area contributed by atoms with Crippen LogP contribution in [0.2, 0.25) is 0 Å². The van der Waals surface area contributed by atoms with Crippen LogP contribution in [0, 0.1) is 28.6 Å². The molecule has 3 atom stereocenters. The Labute approximate surface area is 124 Å². The van der Waals surface area contributed by atoms with Crippen LogP contribution in [0.1, 0.15) is 72.1 Å². The van der Waals surface area contributed by atoms with Gasteiger partial charge in [0.1, 0.15) is 0 Å². The van der Waals surface area contributed by atoms with E-state index in [2.05, 4.69) is 20.8 Å². The Kier molecular flexibility index (Phi) is 3.49. The van der Waals surface area contributed by atoms with Crippen molar-refractivity contribution in [1.82, 2.24) is 0 Å². The van der Waals surface area contributed by atoms with Crippen molar-refractivity contribution in [3.8, 4) is 0 Å². The van der Waals surface area contributed by atoms with Crippen LogP contribution in [0.3, 0.4) is 0 Å². The molecule has 0 spiro atoms. The number of hydrogen-bond donors (Lipinski definition) is 2. The first-order valence-corrected chi connectivity index (χ1v) is 8.73. The van der Waals surface area contributed by atoms with Gasteiger partial charge in [0.05, 0.1) is 5.60 Å². The van der Waals surface area contributed by atoms with Gasteiger partial charge in [0, 0.05) is 12.0 Å². The largest absolute Gasteiger partial charge is 0.389 e. The average Bonchev–Trinajstić information content (AvgIpc) is 2.98. The molecular weight excluding hydrogens is 246 g/mol. The zero-order chi connectivity index (χ0) is 14.6. The molecule has 0 radical (unpaired) electrons. The maximum Gasteiger partial charge on any atom is 0.0746 e. The molecule has 2 heteroatoms. The highest BCUT2D eigenvalue weighted by atomic mass is 16.3. The van der Waals surface area contributed by atoms with E-state index in [0.29, 0.717) is 17.9 Å². The summed E-state index contributed by atoms with van der Waals surface area (Å²) in [6.45, 7) is 7.77. The van der Waals surface area contributed by atoms with Crippen molar-refractivity contribution in [3.05, 3.63) is 0 Å². The van der Waals surface area contributed by atoms with E-state index in [0.717, 1.165) is 31.1 Å². The molecule has 20 heavy (non-hydrogen) atoms. The molecule has 3 rings (SSSR count). The third-order valence-corrected chi connectivity index (χ3v) is 7.29. The van der Waals surface area contributed by atoms with E-state index in [9.17, 15) is 5.11 Å². The number of nitrogens with two attached hydrogens (primary N) is 1. The van der Waals surface area contributed by atoms with Crippen molar-refractivity contribution in [1.29, 1.82) is 0 Å². The van der Waals surface area contributed by atoms with Crippen LogP contribution in [0.25, 0.3) is 0 Å². The molecule has 3 unspecified atom stereocenters. The lowest BCUT2D eigenvalue weighted by atomic mass is 9.55. The molecular formula is C18H33NO. The van der Waals surface area contributed by atoms with Crippen molar-refractivity contribution < 1.29 is 5.11 Å². The fraction of sp³-hybridized carbons (Fsp3) is 1.00. The molecule has 0 aromatic carbocycles. The van der Waals surface area contributed by atoms with Gasteiger partial charge in [-0.15, -0.1) is 0 Å². The lowest BCUT2D eigenvalue weighted by Crippen LogP contribution is -2.57. The van der Waals surface area contributed by atoms with Gasteiger partial charge in [-0.3, -0.25) is 0 Å². The van der Waals surface area contributed by atoms with Gasteiger partial charge in [-0.25, -0.2) is 0 Å². The van der Waals surface area contributed by atoms with Crippen LogP contribution in [0.5, 0.6) is 0 Å². The van der Waals surface area contributed by atoms with Gasteiger partial charge in [-0.2, -0.15) is 0 Å². The first-order valence-electron chi connectivity index (χ1n) is 8.73. The zero-order valence-electron chi connectivity index (χ0n) is 13.6. The number of rotatable bonds is 2. The molecule has 2 bridgehead atoms. The van der Waals surface area contributed by atoms with Gasteiger partial charge in [-0.1, -0.05) is 20.8 Å². The topological polar surface area (TPSA) is 46.2 Å². The van der Waals surface area contributed by atoms with E-state index < -0.39 is 5.60 Å². The normalized spacial score (nSPS) is 48.8. The first kappa shape index (κ1) is 14.8. The lowest BCUT2D eigenvalue weighted by Gasteiger charge is -2.54. The van der Waals surface area contributed by atoms with E-state index in [4.69, 9.17) is 5.73 Å². The second kappa shape index (κ2) is 4.71. The monoisotopic (exact) mass is 279 g/mol. The molecule has 3 saturated carbocycles. The van der Waals surface area contributed by atoms with Gasteiger partial charge < -0.3 is 10.8 Å². The Morgan fingerprint density at radius 1 is 1.10 bits per heavy atom. The van der Waals surface area contributed by atoms with Crippen molar-refractivity contribution >= 4 is 0 Å². The predicted octanol–water partition coefficient (Wildman–Crippen LogP) is 3.72. The minimum Gasteiger partial charge on any atom is -0.389 e. The van der Waals surface area contributed by atoms with Gasteiger partial charge >= 0.3 is 0 Å². The van der Waals surface area contributed by atoms with E-state index in [1.165, 1.54) is 32.1 Å². The van der Waals surface area contributed by atoms with Crippen LogP contribution >= 0.6 is 0 Å². The number of aliphatic hydroxyl groups is 1. The first-order chi connectivity index (χ1) is 9.31. The Hall–Kier alpha value is -0.0800. The Balaban J connectivity index is 1.77. The summed E-state index contributed by atoms with van der Waals surface area (Å²) >= 11 is 0. The predicted molar refractivity (Wildman–Crippen MR) is 83.3 cm³/mol. The molecule has 3 aliphatic carbocycles. The molecule has 0 saturated heterocycles. The summed E-state index contributed by atoms with van der Waals surface area (Å²) in [5, 5.41) is 11.5. The summed E-state index contributed by atoms with van der Waals surface area (Å²) in [4.78, 5) is 0. The maximum absolute atomic E-state index is 11.5. The molecule has 0 aromatic rings. The summed E-state index contributed by atoms with van der Waals surface area (Å²) in [5.41, 5.74) is 6.22. The molecule has 116 valence electrons. The summed E-state index contributed by atoms with van der Waals surface area (Å²) in [5.74, 6) is 2.13. The molecule has 3 N–H and O–H groups in total. The van der Waals surface area contributed by atoms with Crippen molar-refractivity contribution in [2.45, 2.75) is 77.7 Å².